The van der Waals surface area contributed by atoms with E-state index in [1.807, 2.05) is 6.92 Å². The summed E-state index contributed by atoms with van der Waals surface area (Å²) >= 11 is 0. The maximum Gasteiger partial charge on any atom is 0.159 e. The van der Waals surface area contributed by atoms with Crippen molar-refractivity contribution in [3.63, 3.8) is 0 Å². The number of aliphatic hydroxyl groups is 1. The monoisotopic (exact) mass is 257 g/mol. The van der Waals surface area contributed by atoms with Gasteiger partial charge in [0.1, 0.15) is 0 Å². The lowest BCUT2D eigenvalue weighted by molar-refractivity contribution is 0.237. The quantitative estimate of drug-likeness (QED) is 0.821. The summed E-state index contributed by atoms with van der Waals surface area (Å²) in [6.45, 7) is 6.14. The van der Waals surface area contributed by atoms with E-state index >= 15 is 0 Å². The number of hydrogen-bond acceptors (Lipinski definition) is 2. The number of hydrogen-bond donors (Lipinski definition) is 2. The van der Waals surface area contributed by atoms with Crippen molar-refractivity contribution >= 4 is 0 Å². The van der Waals surface area contributed by atoms with Crippen molar-refractivity contribution in [3.8, 4) is 0 Å². The average molecular weight is 257 g/mol. The zero-order valence-electron chi connectivity index (χ0n) is 11.1. The number of benzene rings is 1. The molecular weight excluding hydrogens is 236 g/mol. The number of halogens is 2. The second-order valence-corrected chi connectivity index (χ2v) is 4.92. The Morgan fingerprint density at radius 3 is 2.33 bits per heavy atom. The van der Waals surface area contributed by atoms with Gasteiger partial charge in [-0.2, -0.15) is 0 Å². The van der Waals surface area contributed by atoms with E-state index in [-0.39, 0.29) is 18.7 Å². The van der Waals surface area contributed by atoms with Gasteiger partial charge < -0.3 is 10.4 Å². The fourth-order valence-corrected chi connectivity index (χ4v) is 1.95. The van der Waals surface area contributed by atoms with Gasteiger partial charge in [0.2, 0.25) is 0 Å². The van der Waals surface area contributed by atoms with E-state index in [4.69, 9.17) is 5.11 Å². The fourth-order valence-electron chi connectivity index (χ4n) is 1.95. The van der Waals surface area contributed by atoms with Crippen molar-refractivity contribution in [3.05, 3.63) is 35.4 Å². The standard InChI is InChI=1S/C14H21F2NO/c1-9(2)14(6-7-18)17-10(3)11-4-5-12(15)13(16)8-11/h4-5,8-10,14,17-18H,6-7H2,1-3H3. The molecule has 102 valence electrons. The van der Waals surface area contributed by atoms with E-state index in [2.05, 4.69) is 19.2 Å². The van der Waals surface area contributed by atoms with Crippen LogP contribution in [0, 0.1) is 17.6 Å². The molecule has 2 N–H and O–H groups in total. The van der Waals surface area contributed by atoms with Crippen LogP contribution in [0.1, 0.15) is 38.8 Å². The average Bonchev–Trinajstić information content (AvgIpc) is 2.31. The van der Waals surface area contributed by atoms with Crippen LogP contribution in [0.15, 0.2) is 18.2 Å². The first-order valence-electron chi connectivity index (χ1n) is 6.27. The van der Waals surface area contributed by atoms with Crippen LogP contribution < -0.4 is 5.32 Å². The first-order chi connectivity index (χ1) is 8.45. The van der Waals surface area contributed by atoms with Gasteiger partial charge in [-0.25, -0.2) is 8.78 Å². The molecule has 0 aliphatic rings. The van der Waals surface area contributed by atoms with Crippen molar-refractivity contribution in [2.75, 3.05) is 6.61 Å². The van der Waals surface area contributed by atoms with E-state index in [9.17, 15) is 8.78 Å². The summed E-state index contributed by atoms with van der Waals surface area (Å²) < 4.78 is 26.0. The number of nitrogens with one attached hydrogen (secondary N) is 1. The molecule has 0 saturated carbocycles. The Morgan fingerprint density at radius 1 is 1.17 bits per heavy atom. The van der Waals surface area contributed by atoms with Crippen molar-refractivity contribution in [1.29, 1.82) is 0 Å². The zero-order valence-corrected chi connectivity index (χ0v) is 11.1. The van der Waals surface area contributed by atoms with Crippen LogP contribution in [-0.4, -0.2) is 17.8 Å². The minimum Gasteiger partial charge on any atom is -0.396 e. The molecule has 2 unspecified atom stereocenters. The zero-order chi connectivity index (χ0) is 13.7. The molecule has 0 fully saturated rings. The Balaban J connectivity index is 2.73. The minimum atomic E-state index is -0.832. The molecule has 1 aromatic rings. The van der Waals surface area contributed by atoms with E-state index in [0.29, 0.717) is 17.9 Å². The molecule has 1 aromatic carbocycles. The molecule has 2 nitrogen and oxygen atoms in total. The highest BCUT2D eigenvalue weighted by Gasteiger charge is 2.17. The van der Waals surface area contributed by atoms with Gasteiger partial charge in [0, 0.05) is 18.7 Å². The lowest BCUT2D eigenvalue weighted by Gasteiger charge is -2.26. The van der Waals surface area contributed by atoms with Crippen LogP contribution in [0.4, 0.5) is 8.78 Å². The van der Waals surface area contributed by atoms with Crippen LogP contribution in [0.25, 0.3) is 0 Å². The summed E-state index contributed by atoms with van der Waals surface area (Å²) in [4.78, 5) is 0. The predicted octanol–water partition coefficient (Wildman–Crippen LogP) is 3.02. The second kappa shape index (κ2) is 6.81. The second-order valence-electron chi connectivity index (χ2n) is 4.92. The van der Waals surface area contributed by atoms with Gasteiger partial charge >= 0.3 is 0 Å². The van der Waals surface area contributed by atoms with Crippen LogP contribution in [0.2, 0.25) is 0 Å². The van der Waals surface area contributed by atoms with Gasteiger partial charge in [-0.1, -0.05) is 19.9 Å². The Morgan fingerprint density at radius 2 is 1.83 bits per heavy atom. The normalized spacial score (nSPS) is 14.8. The van der Waals surface area contributed by atoms with Crippen molar-refractivity contribution in [2.45, 2.75) is 39.3 Å². The highest BCUT2D eigenvalue weighted by molar-refractivity contribution is 5.20. The largest absolute Gasteiger partial charge is 0.396 e. The summed E-state index contributed by atoms with van der Waals surface area (Å²) in [5.74, 6) is -1.30. The molecule has 0 bridgehead atoms. The molecule has 0 amide bonds. The molecule has 18 heavy (non-hydrogen) atoms. The van der Waals surface area contributed by atoms with Gasteiger partial charge in [0.15, 0.2) is 11.6 Å². The molecule has 0 radical (unpaired) electrons. The lowest BCUT2D eigenvalue weighted by atomic mass is 9.98. The molecular formula is C14H21F2NO. The smallest absolute Gasteiger partial charge is 0.159 e. The predicted molar refractivity (Wildman–Crippen MR) is 68.2 cm³/mol. The summed E-state index contributed by atoms with van der Waals surface area (Å²) in [5, 5.41) is 12.3. The van der Waals surface area contributed by atoms with Crippen molar-refractivity contribution in [2.24, 2.45) is 5.92 Å². The first kappa shape index (κ1) is 15.1. The third-order valence-corrected chi connectivity index (χ3v) is 3.15. The van der Waals surface area contributed by atoms with Crippen LogP contribution in [-0.2, 0) is 0 Å². The Bertz CT molecular complexity index is 382. The third kappa shape index (κ3) is 4.03. The van der Waals surface area contributed by atoms with Crippen molar-refractivity contribution in [1.82, 2.24) is 5.32 Å². The van der Waals surface area contributed by atoms with Crippen LogP contribution in [0.3, 0.4) is 0 Å². The van der Waals surface area contributed by atoms with Crippen molar-refractivity contribution < 1.29 is 13.9 Å². The first-order valence-corrected chi connectivity index (χ1v) is 6.27. The molecule has 4 heteroatoms. The number of rotatable bonds is 6. The van der Waals surface area contributed by atoms with Crippen LogP contribution >= 0.6 is 0 Å². The minimum absolute atomic E-state index is 0.0842. The van der Waals surface area contributed by atoms with Crippen LogP contribution in [0.5, 0.6) is 0 Å². The van der Waals surface area contributed by atoms with Gasteiger partial charge in [0.05, 0.1) is 0 Å². The molecule has 1 rings (SSSR count). The number of aliphatic hydroxyl groups excluding tert-OH is 1. The van der Waals surface area contributed by atoms with Gasteiger partial charge in [-0.15, -0.1) is 0 Å². The Labute approximate surface area is 107 Å². The molecule has 0 spiro atoms. The van der Waals surface area contributed by atoms with E-state index < -0.39 is 11.6 Å². The van der Waals surface area contributed by atoms with Gasteiger partial charge in [-0.3, -0.25) is 0 Å². The fraction of sp³-hybridized carbons (Fsp3) is 0.571. The molecule has 0 aliphatic heterocycles. The Kier molecular flexibility index (Phi) is 5.69. The van der Waals surface area contributed by atoms with E-state index in [1.165, 1.54) is 6.07 Å². The topological polar surface area (TPSA) is 32.3 Å². The maximum absolute atomic E-state index is 13.1. The van der Waals surface area contributed by atoms with Gasteiger partial charge in [-0.05, 0) is 37.0 Å². The highest BCUT2D eigenvalue weighted by Crippen LogP contribution is 2.18. The molecule has 0 saturated heterocycles. The third-order valence-electron chi connectivity index (χ3n) is 3.15. The SMILES string of the molecule is CC(NC(CCO)C(C)C)c1ccc(F)c(F)c1. The van der Waals surface area contributed by atoms with Gasteiger partial charge in [0.25, 0.3) is 0 Å². The maximum atomic E-state index is 13.1. The Hall–Kier alpha value is -1.00. The molecule has 0 aliphatic carbocycles. The molecule has 0 aromatic heterocycles. The summed E-state index contributed by atoms with van der Waals surface area (Å²) in [6, 6.07) is 3.99. The highest BCUT2D eigenvalue weighted by atomic mass is 19.2. The lowest BCUT2D eigenvalue weighted by Crippen LogP contribution is -2.36. The molecule has 2 atom stereocenters. The summed E-state index contributed by atoms with van der Waals surface area (Å²) in [7, 11) is 0. The molecule has 0 heterocycles. The summed E-state index contributed by atoms with van der Waals surface area (Å²) in [6.07, 6.45) is 0.645. The van der Waals surface area contributed by atoms with E-state index in [1.54, 1.807) is 6.07 Å². The summed E-state index contributed by atoms with van der Waals surface area (Å²) in [5.41, 5.74) is 0.706. The van der Waals surface area contributed by atoms with E-state index in [0.717, 1.165) is 6.07 Å².